The number of benzene rings is 3. The van der Waals surface area contributed by atoms with E-state index < -0.39 is 39.3 Å². The SMILES string of the molecule is CC(C)NC(=O)[C@H](C)N(Cc1ccc(Br)cc1)C(=O)CN(c1cccc([N+](=O)[O-])c1)S(=O)(=O)c1ccccc1. The van der Waals surface area contributed by atoms with Crippen LogP contribution in [0, 0.1) is 10.1 Å². The molecule has 0 unspecified atom stereocenters. The third kappa shape index (κ3) is 7.64. The number of rotatable bonds is 11. The zero-order chi connectivity index (χ0) is 28.7. The smallest absolute Gasteiger partial charge is 0.271 e. The Morgan fingerprint density at radius 2 is 1.62 bits per heavy atom. The van der Waals surface area contributed by atoms with Gasteiger partial charge >= 0.3 is 0 Å². The lowest BCUT2D eigenvalue weighted by atomic mass is 10.1. The van der Waals surface area contributed by atoms with Gasteiger partial charge in [0.15, 0.2) is 0 Å². The van der Waals surface area contributed by atoms with Gasteiger partial charge in [-0.15, -0.1) is 0 Å². The normalized spacial score (nSPS) is 12.0. The molecule has 39 heavy (non-hydrogen) atoms. The fraction of sp³-hybridized carbons (Fsp3) is 0.259. The summed E-state index contributed by atoms with van der Waals surface area (Å²) in [5.74, 6) is -1.06. The van der Waals surface area contributed by atoms with Crippen molar-refractivity contribution in [2.75, 3.05) is 10.8 Å². The summed E-state index contributed by atoms with van der Waals surface area (Å²) in [6, 6.07) is 18.6. The maximum Gasteiger partial charge on any atom is 0.271 e. The molecule has 206 valence electrons. The van der Waals surface area contributed by atoms with Crippen LogP contribution >= 0.6 is 15.9 Å². The molecule has 10 nitrogen and oxygen atoms in total. The summed E-state index contributed by atoms with van der Waals surface area (Å²) in [4.78, 5) is 38.7. The number of halogens is 1. The van der Waals surface area contributed by atoms with E-state index in [4.69, 9.17) is 0 Å². The maximum atomic E-state index is 13.8. The Balaban J connectivity index is 2.06. The van der Waals surface area contributed by atoms with Crippen LogP contribution in [0.4, 0.5) is 11.4 Å². The van der Waals surface area contributed by atoms with E-state index in [1.807, 2.05) is 0 Å². The van der Waals surface area contributed by atoms with Crippen molar-refractivity contribution in [2.24, 2.45) is 0 Å². The Hall–Kier alpha value is -3.77. The second kappa shape index (κ2) is 12.9. The molecule has 12 heteroatoms. The second-order valence-corrected chi connectivity index (χ2v) is 11.9. The summed E-state index contributed by atoms with van der Waals surface area (Å²) in [5, 5.41) is 14.2. The Bertz CT molecular complexity index is 1430. The molecule has 3 aromatic carbocycles. The highest BCUT2D eigenvalue weighted by molar-refractivity contribution is 9.10. The molecular weight excluding hydrogens is 588 g/mol. The third-order valence-corrected chi connectivity index (χ3v) is 8.12. The van der Waals surface area contributed by atoms with Crippen molar-refractivity contribution < 1.29 is 22.9 Å². The molecule has 0 aliphatic rings. The van der Waals surface area contributed by atoms with Crippen LogP contribution in [0.2, 0.25) is 0 Å². The summed E-state index contributed by atoms with van der Waals surface area (Å²) in [5.41, 5.74) is 0.345. The summed E-state index contributed by atoms with van der Waals surface area (Å²) >= 11 is 3.37. The number of nitrogens with one attached hydrogen (secondary N) is 1. The fourth-order valence-electron chi connectivity index (χ4n) is 3.78. The number of carbonyl (C=O) groups is 2. The van der Waals surface area contributed by atoms with E-state index in [0.717, 1.165) is 20.4 Å². The Morgan fingerprint density at radius 3 is 2.21 bits per heavy atom. The van der Waals surface area contributed by atoms with E-state index >= 15 is 0 Å². The van der Waals surface area contributed by atoms with Crippen LogP contribution < -0.4 is 9.62 Å². The largest absolute Gasteiger partial charge is 0.352 e. The average Bonchev–Trinajstić information content (AvgIpc) is 2.91. The topological polar surface area (TPSA) is 130 Å². The van der Waals surface area contributed by atoms with Gasteiger partial charge in [0.1, 0.15) is 12.6 Å². The first-order chi connectivity index (χ1) is 18.4. The fourth-order valence-corrected chi connectivity index (χ4v) is 5.48. The first-order valence-electron chi connectivity index (χ1n) is 12.1. The number of carbonyl (C=O) groups excluding carboxylic acids is 2. The molecule has 3 aromatic rings. The van der Waals surface area contributed by atoms with Crippen molar-refractivity contribution in [1.82, 2.24) is 10.2 Å². The lowest BCUT2D eigenvalue weighted by Crippen LogP contribution is -2.52. The molecule has 0 radical (unpaired) electrons. The highest BCUT2D eigenvalue weighted by atomic mass is 79.9. The highest BCUT2D eigenvalue weighted by Crippen LogP contribution is 2.27. The number of anilines is 1. The lowest BCUT2D eigenvalue weighted by molar-refractivity contribution is -0.384. The van der Waals surface area contributed by atoms with Crippen LogP contribution in [-0.4, -0.2) is 48.7 Å². The van der Waals surface area contributed by atoms with Crippen LogP contribution in [-0.2, 0) is 26.2 Å². The monoisotopic (exact) mass is 616 g/mol. The lowest BCUT2D eigenvalue weighted by Gasteiger charge is -2.32. The van der Waals surface area contributed by atoms with Crippen LogP contribution in [0.25, 0.3) is 0 Å². The van der Waals surface area contributed by atoms with Crippen molar-refractivity contribution in [1.29, 1.82) is 0 Å². The highest BCUT2D eigenvalue weighted by Gasteiger charge is 2.33. The number of hydrogen-bond acceptors (Lipinski definition) is 6. The molecule has 0 aliphatic carbocycles. The number of sulfonamides is 1. The molecule has 0 fully saturated rings. The molecule has 1 atom stereocenters. The molecule has 0 aliphatic heterocycles. The minimum atomic E-state index is -4.31. The van der Waals surface area contributed by atoms with Gasteiger partial charge in [-0.1, -0.05) is 52.3 Å². The molecule has 0 aromatic heterocycles. The van der Waals surface area contributed by atoms with Crippen molar-refractivity contribution in [3.63, 3.8) is 0 Å². The number of nitro groups is 1. The molecule has 0 heterocycles. The van der Waals surface area contributed by atoms with E-state index in [2.05, 4.69) is 21.2 Å². The molecule has 0 saturated carbocycles. The summed E-state index contributed by atoms with van der Waals surface area (Å²) in [6.07, 6.45) is 0. The van der Waals surface area contributed by atoms with E-state index in [1.165, 1.54) is 35.2 Å². The summed E-state index contributed by atoms with van der Waals surface area (Å²) in [7, 11) is -4.31. The maximum absolute atomic E-state index is 13.8. The van der Waals surface area contributed by atoms with Crippen molar-refractivity contribution >= 4 is 49.1 Å². The zero-order valence-electron chi connectivity index (χ0n) is 21.7. The molecule has 0 bridgehead atoms. The predicted octanol–water partition coefficient (Wildman–Crippen LogP) is 4.49. The third-order valence-electron chi connectivity index (χ3n) is 5.80. The molecular formula is C27H29BrN4O6S. The molecule has 0 spiro atoms. The molecule has 2 amide bonds. The van der Waals surface area contributed by atoms with Crippen LogP contribution in [0.5, 0.6) is 0 Å². The number of amides is 2. The Morgan fingerprint density at radius 1 is 0.974 bits per heavy atom. The van der Waals surface area contributed by atoms with Gasteiger partial charge in [-0.25, -0.2) is 8.42 Å². The van der Waals surface area contributed by atoms with Crippen molar-refractivity contribution in [2.45, 2.75) is 44.3 Å². The molecule has 3 rings (SSSR count). The van der Waals surface area contributed by atoms with Gasteiger partial charge < -0.3 is 10.2 Å². The van der Waals surface area contributed by atoms with E-state index in [0.29, 0.717) is 0 Å². The first kappa shape index (κ1) is 29.8. The average molecular weight is 618 g/mol. The quantitative estimate of drug-likeness (QED) is 0.249. The predicted molar refractivity (Wildman–Crippen MR) is 152 cm³/mol. The van der Waals surface area contributed by atoms with Crippen LogP contribution in [0.3, 0.4) is 0 Å². The Labute approximate surface area is 236 Å². The van der Waals surface area contributed by atoms with Gasteiger partial charge in [-0.3, -0.25) is 24.0 Å². The van der Waals surface area contributed by atoms with Crippen LogP contribution in [0.15, 0.2) is 88.2 Å². The van der Waals surface area contributed by atoms with Crippen molar-refractivity contribution in [3.8, 4) is 0 Å². The van der Waals surface area contributed by atoms with Gasteiger partial charge in [0.25, 0.3) is 15.7 Å². The van der Waals surface area contributed by atoms with E-state index in [1.54, 1.807) is 63.2 Å². The van der Waals surface area contributed by atoms with Crippen molar-refractivity contribution in [3.05, 3.63) is 99.0 Å². The number of nitrogens with zero attached hydrogens (tertiary/aromatic N) is 3. The minimum absolute atomic E-state index is 0.0347. The summed E-state index contributed by atoms with van der Waals surface area (Å²) in [6.45, 7) is 4.50. The number of hydrogen-bond donors (Lipinski definition) is 1. The number of nitro benzene ring substituents is 1. The van der Waals surface area contributed by atoms with Gasteiger partial charge in [0.2, 0.25) is 11.8 Å². The minimum Gasteiger partial charge on any atom is -0.352 e. The van der Waals surface area contributed by atoms with Crippen LogP contribution in [0.1, 0.15) is 26.3 Å². The first-order valence-corrected chi connectivity index (χ1v) is 14.3. The zero-order valence-corrected chi connectivity index (χ0v) is 24.1. The van der Waals surface area contributed by atoms with E-state index in [9.17, 15) is 28.1 Å². The van der Waals surface area contributed by atoms with Gasteiger partial charge in [0, 0.05) is 29.2 Å². The molecule has 1 N–H and O–H groups in total. The van der Waals surface area contributed by atoms with Gasteiger partial charge in [-0.05, 0) is 56.7 Å². The van der Waals surface area contributed by atoms with Gasteiger partial charge in [-0.2, -0.15) is 0 Å². The van der Waals surface area contributed by atoms with Gasteiger partial charge in [0.05, 0.1) is 15.5 Å². The number of non-ortho nitro benzene ring substituents is 1. The van der Waals surface area contributed by atoms with E-state index in [-0.39, 0.29) is 28.9 Å². The second-order valence-electron chi connectivity index (χ2n) is 9.09. The molecule has 0 saturated heterocycles. The standard InChI is InChI=1S/C27H29BrN4O6S/c1-19(2)29-27(34)20(3)30(17-21-12-14-22(28)15-13-21)26(33)18-31(23-8-7-9-24(16-23)32(35)36)39(37,38)25-10-5-4-6-11-25/h4-16,19-20H,17-18H2,1-3H3,(H,29,34)/t20-/m0/s1. The summed E-state index contributed by atoms with van der Waals surface area (Å²) < 4.78 is 29.1. The Kier molecular flexibility index (Phi) is 9.81.